The largest absolute Gasteiger partial charge is 0.481 e. The van der Waals surface area contributed by atoms with E-state index < -0.39 is 17.4 Å². The van der Waals surface area contributed by atoms with E-state index in [4.69, 9.17) is 5.11 Å². The summed E-state index contributed by atoms with van der Waals surface area (Å²) in [7, 11) is 1.48. The molecular formula is C11H18N2O4. The number of carbonyl (C=O) groups excluding carboxylic acids is 2. The fourth-order valence-corrected chi connectivity index (χ4v) is 2.16. The van der Waals surface area contributed by atoms with E-state index in [9.17, 15) is 14.4 Å². The molecule has 6 nitrogen and oxygen atoms in total. The van der Waals surface area contributed by atoms with Gasteiger partial charge >= 0.3 is 5.97 Å². The van der Waals surface area contributed by atoms with E-state index in [2.05, 4.69) is 10.6 Å². The summed E-state index contributed by atoms with van der Waals surface area (Å²) in [6.07, 6.45) is 2.26. The van der Waals surface area contributed by atoms with E-state index >= 15 is 0 Å². The highest BCUT2D eigenvalue weighted by molar-refractivity contribution is 5.89. The molecule has 0 radical (unpaired) electrons. The molecule has 0 heterocycles. The Hall–Kier alpha value is -1.59. The molecule has 0 aromatic heterocycles. The standard InChI is InChI=1S/C11H18N2O4/c1-7(9(15)16)5-11(13-6-14,8-3-4-8)10(17)12-2/h6-8H,3-5H2,1-2H3,(H,12,17)(H,13,14)(H,15,16). The number of nitrogens with one attached hydrogen (secondary N) is 2. The van der Waals surface area contributed by atoms with Crippen LogP contribution in [0.15, 0.2) is 0 Å². The molecular weight excluding hydrogens is 224 g/mol. The third kappa shape index (κ3) is 2.75. The first-order valence-electron chi connectivity index (χ1n) is 5.64. The van der Waals surface area contributed by atoms with E-state index in [0.29, 0.717) is 6.41 Å². The molecule has 0 aromatic carbocycles. The van der Waals surface area contributed by atoms with Crippen molar-refractivity contribution in [1.82, 2.24) is 10.6 Å². The fourth-order valence-electron chi connectivity index (χ4n) is 2.16. The minimum Gasteiger partial charge on any atom is -0.481 e. The van der Waals surface area contributed by atoms with Gasteiger partial charge in [-0.25, -0.2) is 0 Å². The molecule has 1 rings (SSSR count). The van der Waals surface area contributed by atoms with Gasteiger partial charge in [0.2, 0.25) is 12.3 Å². The second-order valence-corrected chi connectivity index (χ2v) is 4.53. The van der Waals surface area contributed by atoms with Crippen molar-refractivity contribution in [1.29, 1.82) is 0 Å². The Labute approximate surface area is 99.8 Å². The Morgan fingerprint density at radius 1 is 1.53 bits per heavy atom. The van der Waals surface area contributed by atoms with Gasteiger partial charge in [0.15, 0.2) is 0 Å². The number of carbonyl (C=O) groups is 3. The van der Waals surface area contributed by atoms with Crippen LogP contribution in [0.2, 0.25) is 0 Å². The maximum absolute atomic E-state index is 11.9. The normalized spacial score (nSPS) is 19.9. The molecule has 0 bridgehead atoms. The van der Waals surface area contributed by atoms with Gasteiger partial charge in [0, 0.05) is 7.05 Å². The van der Waals surface area contributed by atoms with Gasteiger partial charge in [0.05, 0.1) is 5.92 Å². The SMILES string of the molecule is CNC(=O)C(CC(C)C(=O)O)(NC=O)C1CC1. The zero-order chi connectivity index (χ0) is 13.1. The molecule has 1 aliphatic carbocycles. The summed E-state index contributed by atoms with van der Waals surface area (Å²) in [6.45, 7) is 1.54. The Kier molecular flexibility index (Phi) is 4.09. The van der Waals surface area contributed by atoms with Crippen molar-refractivity contribution < 1.29 is 19.5 Å². The number of rotatable bonds is 7. The van der Waals surface area contributed by atoms with E-state index in [1.165, 1.54) is 14.0 Å². The summed E-state index contributed by atoms with van der Waals surface area (Å²) in [4.78, 5) is 33.5. The van der Waals surface area contributed by atoms with Gasteiger partial charge < -0.3 is 15.7 Å². The van der Waals surface area contributed by atoms with Gasteiger partial charge in [-0.05, 0) is 25.2 Å². The Bertz CT molecular complexity index is 327. The molecule has 0 spiro atoms. The summed E-state index contributed by atoms with van der Waals surface area (Å²) >= 11 is 0. The molecule has 6 heteroatoms. The van der Waals surface area contributed by atoms with Gasteiger partial charge in [0.25, 0.3) is 0 Å². The van der Waals surface area contributed by atoms with Crippen LogP contribution in [0, 0.1) is 11.8 Å². The lowest BCUT2D eigenvalue weighted by Gasteiger charge is -2.33. The second-order valence-electron chi connectivity index (χ2n) is 4.53. The van der Waals surface area contributed by atoms with Crippen LogP contribution in [0.4, 0.5) is 0 Å². The van der Waals surface area contributed by atoms with Crippen LogP contribution in [0.1, 0.15) is 26.2 Å². The molecule has 0 aliphatic heterocycles. The zero-order valence-electron chi connectivity index (χ0n) is 10.0. The van der Waals surface area contributed by atoms with Gasteiger partial charge in [0.1, 0.15) is 5.54 Å². The lowest BCUT2D eigenvalue weighted by atomic mass is 9.82. The molecule has 2 atom stereocenters. The summed E-state index contributed by atoms with van der Waals surface area (Å²) < 4.78 is 0. The molecule has 0 aromatic rings. The predicted molar refractivity (Wildman–Crippen MR) is 60.1 cm³/mol. The van der Waals surface area contributed by atoms with Gasteiger partial charge in [-0.15, -0.1) is 0 Å². The van der Waals surface area contributed by atoms with Gasteiger partial charge in [-0.3, -0.25) is 14.4 Å². The average Bonchev–Trinajstić information content (AvgIpc) is 3.10. The fraction of sp³-hybridized carbons (Fsp3) is 0.727. The van der Waals surface area contributed by atoms with E-state index in [-0.39, 0.29) is 18.2 Å². The maximum atomic E-state index is 11.9. The number of hydrogen-bond donors (Lipinski definition) is 3. The summed E-state index contributed by atoms with van der Waals surface area (Å²) in [5.41, 5.74) is -1.08. The highest BCUT2D eigenvalue weighted by atomic mass is 16.4. The first-order chi connectivity index (χ1) is 7.97. The summed E-state index contributed by atoms with van der Waals surface area (Å²) in [5, 5.41) is 14.0. The van der Waals surface area contributed by atoms with Crippen LogP contribution in [0.3, 0.4) is 0 Å². The van der Waals surface area contributed by atoms with Crippen molar-refractivity contribution in [3.63, 3.8) is 0 Å². The smallest absolute Gasteiger partial charge is 0.306 e. The summed E-state index contributed by atoms with van der Waals surface area (Å²) in [5.74, 6) is -1.93. The van der Waals surface area contributed by atoms with Crippen LogP contribution in [-0.2, 0) is 14.4 Å². The highest BCUT2D eigenvalue weighted by Crippen LogP contribution is 2.43. The molecule has 2 amide bonds. The van der Waals surface area contributed by atoms with Crippen LogP contribution in [0.25, 0.3) is 0 Å². The van der Waals surface area contributed by atoms with Crippen molar-refractivity contribution >= 4 is 18.3 Å². The van der Waals surface area contributed by atoms with Crippen molar-refractivity contribution in [2.45, 2.75) is 31.7 Å². The highest BCUT2D eigenvalue weighted by Gasteiger charge is 2.51. The number of aliphatic carboxylic acids is 1. The van der Waals surface area contributed by atoms with Crippen LogP contribution >= 0.6 is 0 Å². The number of carboxylic acid groups (broad SMARTS) is 1. The van der Waals surface area contributed by atoms with Crippen molar-refractivity contribution in [3.05, 3.63) is 0 Å². The topological polar surface area (TPSA) is 95.5 Å². The minimum atomic E-state index is -1.08. The first-order valence-corrected chi connectivity index (χ1v) is 5.64. The number of hydrogen-bond acceptors (Lipinski definition) is 3. The van der Waals surface area contributed by atoms with Crippen LogP contribution in [0.5, 0.6) is 0 Å². The summed E-state index contributed by atoms with van der Waals surface area (Å²) in [6, 6.07) is 0. The van der Waals surface area contributed by atoms with Crippen molar-refractivity contribution in [2.75, 3.05) is 7.05 Å². The van der Waals surface area contributed by atoms with E-state index in [0.717, 1.165) is 12.8 Å². The van der Waals surface area contributed by atoms with Gasteiger partial charge in [-0.2, -0.15) is 0 Å². The third-order valence-corrected chi connectivity index (χ3v) is 3.27. The number of likely N-dealkylation sites (N-methyl/N-ethyl adjacent to an activating group) is 1. The molecule has 1 aliphatic rings. The monoisotopic (exact) mass is 242 g/mol. The number of carboxylic acids is 1. The molecule has 2 unspecified atom stereocenters. The van der Waals surface area contributed by atoms with Crippen LogP contribution < -0.4 is 10.6 Å². The molecule has 17 heavy (non-hydrogen) atoms. The average molecular weight is 242 g/mol. The Morgan fingerprint density at radius 3 is 2.47 bits per heavy atom. The van der Waals surface area contributed by atoms with Crippen molar-refractivity contribution in [2.24, 2.45) is 11.8 Å². The lowest BCUT2D eigenvalue weighted by Crippen LogP contribution is -2.58. The minimum absolute atomic E-state index is 0.0365. The zero-order valence-corrected chi connectivity index (χ0v) is 10.0. The molecule has 1 fully saturated rings. The Balaban J connectivity index is 2.93. The quantitative estimate of drug-likeness (QED) is 0.536. The third-order valence-electron chi connectivity index (χ3n) is 3.27. The van der Waals surface area contributed by atoms with Gasteiger partial charge in [-0.1, -0.05) is 6.92 Å². The molecule has 1 saturated carbocycles. The van der Waals surface area contributed by atoms with E-state index in [1.54, 1.807) is 0 Å². The van der Waals surface area contributed by atoms with Crippen molar-refractivity contribution in [3.8, 4) is 0 Å². The van der Waals surface area contributed by atoms with Crippen LogP contribution in [-0.4, -0.2) is 36.0 Å². The van der Waals surface area contributed by atoms with E-state index in [1.807, 2.05) is 0 Å². The number of amides is 2. The second kappa shape index (κ2) is 5.16. The molecule has 0 saturated heterocycles. The Morgan fingerprint density at radius 2 is 2.12 bits per heavy atom. The molecule has 96 valence electrons. The lowest BCUT2D eigenvalue weighted by molar-refractivity contribution is -0.143. The molecule has 3 N–H and O–H groups in total. The predicted octanol–water partition coefficient (Wildman–Crippen LogP) is -0.262. The first kappa shape index (κ1) is 13.5. The maximum Gasteiger partial charge on any atom is 0.306 e.